The van der Waals surface area contributed by atoms with Crippen LogP contribution in [0.2, 0.25) is 0 Å². The molecule has 2 rings (SSSR count). The summed E-state index contributed by atoms with van der Waals surface area (Å²) in [5, 5.41) is 22.9. The first kappa shape index (κ1) is 15.8. The molecule has 0 aromatic rings. The molecule has 2 fully saturated rings. The number of aliphatic hydroxyl groups is 1. The van der Waals surface area contributed by atoms with Gasteiger partial charge < -0.3 is 15.5 Å². The highest BCUT2D eigenvalue weighted by molar-refractivity contribution is 5.70. The van der Waals surface area contributed by atoms with E-state index in [4.69, 9.17) is 5.11 Å². The van der Waals surface area contributed by atoms with Crippen LogP contribution in [-0.4, -0.2) is 34.9 Å². The highest BCUT2D eigenvalue weighted by Gasteiger charge is 2.35. The molecule has 2 unspecified atom stereocenters. The van der Waals surface area contributed by atoms with Crippen LogP contribution in [0.1, 0.15) is 58.3 Å². The number of nitrogens with one attached hydrogen (secondary N) is 1. The van der Waals surface area contributed by atoms with Gasteiger partial charge in [-0.15, -0.1) is 0 Å². The maximum atomic E-state index is 10.9. The molecule has 2 saturated carbocycles. The van der Waals surface area contributed by atoms with Crippen molar-refractivity contribution in [2.75, 3.05) is 13.1 Å². The molecule has 4 heteroatoms. The van der Waals surface area contributed by atoms with Crippen molar-refractivity contribution in [3.8, 4) is 0 Å². The van der Waals surface area contributed by atoms with Crippen molar-refractivity contribution >= 4 is 5.97 Å². The van der Waals surface area contributed by atoms with Gasteiger partial charge in [0.2, 0.25) is 0 Å². The molecule has 20 heavy (non-hydrogen) atoms. The number of carboxylic acid groups (broad SMARTS) is 1. The number of hydrogen-bond acceptors (Lipinski definition) is 3. The Labute approximate surface area is 122 Å². The Morgan fingerprint density at radius 2 is 1.85 bits per heavy atom. The van der Waals surface area contributed by atoms with E-state index in [9.17, 15) is 9.90 Å². The van der Waals surface area contributed by atoms with Crippen LogP contribution in [0.25, 0.3) is 0 Å². The Morgan fingerprint density at radius 3 is 2.45 bits per heavy atom. The molecule has 0 heterocycles. The third-order valence-corrected chi connectivity index (χ3v) is 5.42. The van der Waals surface area contributed by atoms with Crippen molar-refractivity contribution in [2.45, 2.75) is 63.9 Å². The second-order valence-electron chi connectivity index (χ2n) is 6.99. The first-order chi connectivity index (χ1) is 9.50. The predicted molar refractivity (Wildman–Crippen MR) is 78.5 cm³/mol. The molecule has 0 saturated heterocycles. The van der Waals surface area contributed by atoms with Crippen LogP contribution < -0.4 is 5.32 Å². The Kier molecular flexibility index (Phi) is 5.44. The van der Waals surface area contributed by atoms with Crippen LogP contribution in [0.15, 0.2) is 0 Å². The SMILES string of the molecule is CC1CCCCC1CNCC1(O)CCC(C(=O)O)CC1. The average Bonchev–Trinajstić information content (AvgIpc) is 2.41. The molecular formula is C16H29NO3. The fourth-order valence-electron chi connectivity index (χ4n) is 3.77. The lowest BCUT2D eigenvalue weighted by atomic mass is 9.78. The summed E-state index contributed by atoms with van der Waals surface area (Å²) in [5.74, 6) is 0.557. The average molecular weight is 283 g/mol. The van der Waals surface area contributed by atoms with E-state index in [1.807, 2.05) is 0 Å². The number of carboxylic acids is 1. The Hall–Kier alpha value is -0.610. The molecule has 2 aliphatic carbocycles. The molecule has 116 valence electrons. The second kappa shape index (κ2) is 6.90. The van der Waals surface area contributed by atoms with Gasteiger partial charge in [-0.1, -0.05) is 26.2 Å². The van der Waals surface area contributed by atoms with E-state index in [2.05, 4.69) is 12.2 Å². The highest BCUT2D eigenvalue weighted by atomic mass is 16.4. The number of hydrogen-bond donors (Lipinski definition) is 3. The van der Waals surface area contributed by atoms with Gasteiger partial charge in [-0.25, -0.2) is 0 Å². The fraction of sp³-hybridized carbons (Fsp3) is 0.938. The normalized spacial score (nSPS) is 38.6. The van der Waals surface area contributed by atoms with E-state index in [0.29, 0.717) is 32.2 Å². The maximum Gasteiger partial charge on any atom is 0.306 e. The van der Waals surface area contributed by atoms with E-state index in [1.54, 1.807) is 0 Å². The lowest BCUT2D eigenvalue weighted by Crippen LogP contribution is -2.46. The van der Waals surface area contributed by atoms with Gasteiger partial charge in [0.1, 0.15) is 0 Å². The first-order valence-electron chi connectivity index (χ1n) is 8.16. The monoisotopic (exact) mass is 283 g/mol. The molecule has 0 radical (unpaired) electrons. The molecule has 4 nitrogen and oxygen atoms in total. The van der Waals surface area contributed by atoms with Crippen molar-refractivity contribution in [1.29, 1.82) is 0 Å². The largest absolute Gasteiger partial charge is 0.481 e. The van der Waals surface area contributed by atoms with Crippen LogP contribution in [0.5, 0.6) is 0 Å². The molecule has 2 atom stereocenters. The van der Waals surface area contributed by atoms with E-state index in [1.165, 1.54) is 25.7 Å². The molecule has 0 aromatic heterocycles. The minimum absolute atomic E-state index is 0.256. The van der Waals surface area contributed by atoms with Crippen molar-refractivity contribution in [3.05, 3.63) is 0 Å². The van der Waals surface area contributed by atoms with Crippen molar-refractivity contribution in [1.82, 2.24) is 5.32 Å². The zero-order valence-electron chi connectivity index (χ0n) is 12.6. The lowest BCUT2D eigenvalue weighted by Gasteiger charge is -2.36. The summed E-state index contributed by atoms with van der Waals surface area (Å²) in [4.78, 5) is 10.9. The van der Waals surface area contributed by atoms with E-state index in [0.717, 1.165) is 18.4 Å². The van der Waals surface area contributed by atoms with Crippen molar-refractivity contribution in [3.63, 3.8) is 0 Å². The molecule has 0 aromatic carbocycles. The quantitative estimate of drug-likeness (QED) is 0.724. The smallest absolute Gasteiger partial charge is 0.306 e. The maximum absolute atomic E-state index is 10.9. The zero-order chi connectivity index (χ0) is 14.6. The van der Waals surface area contributed by atoms with Gasteiger partial charge >= 0.3 is 5.97 Å². The van der Waals surface area contributed by atoms with E-state index in [-0.39, 0.29) is 5.92 Å². The van der Waals surface area contributed by atoms with Crippen LogP contribution in [-0.2, 0) is 4.79 Å². The van der Waals surface area contributed by atoms with Crippen LogP contribution >= 0.6 is 0 Å². The van der Waals surface area contributed by atoms with E-state index < -0.39 is 11.6 Å². The van der Waals surface area contributed by atoms with Gasteiger partial charge in [0.05, 0.1) is 11.5 Å². The Bertz CT molecular complexity index is 324. The molecule has 2 aliphatic rings. The third-order valence-electron chi connectivity index (χ3n) is 5.42. The predicted octanol–water partition coefficient (Wildman–Crippen LogP) is 2.41. The highest BCUT2D eigenvalue weighted by Crippen LogP contribution is 2.32. The zero-order valence-corrected chi connectivity index (χ0v) is 12.6. The number of rotatable bonds is 5. The molecular weight excluding hydrogens is 254 g/mol. The Morgan fingerprint density at radius 1 is 1.20 bits per heavy atom. The molecule has 0 aliphatic heterocycles. The van der Waals surface area contributed by atoms with Gasteiger partial charge in [-0.2, -0.15) is 0 Å². The topological polar surface area (TPSA) is 69.6 Å². The molecule has 3 N–H and O–H groups in total. The van der Waals surface area contributed by atoms with Gasteiger partial charge in [0.25, 0.3) is 0 Å². The summed E-state index contributed by atoms with van der Waals surface area (Å²) in [6.07, 6.45) is 7.75. The summed E-state index contributed by atoms with van der Waals surface area (Å²) >= 11 is 0. The fourth-order valence-corrected chi connectivity index (χ4v) is 3.77. The summed E-state index contributed by atoms with van der Waals surface area (Å²) in [7, 11) is 0. The van der Waals surface area contributed by atoms with Crippen LogP contribution in [0.3, 0.4) is 0 Å². The van der Waals surface area contributed by atoms with Crippen LogP contribution in [0.4, 0.5) is 0 Å². The minimum Gasteiger partial charge on any atom is -0.481 e. The summed E-state index contributed by atoms with van der Waals surface area (Å²) in [6.45, 7) is 3.94. The van der Waals surface area contributed by atoms with Gasteiger partial charge in [-0.3, -0.25) is 4.79 Å². The van der Waals surface area contributed by atoms with Crippen molar-refractivity contribution in [2.24, 2.45) is 17.8 Å². The second-order valence-corrected chi connectivity index (χ2v) is 6.99. The summed E-state index contributed by atoms with van der Waals surface area (Å²) in [5.41, 5.74) is -0.691. The standard InChI is InChI=1S/C16H29NO3/c1-12-4-2-3-5-14(12)10-17-11-16(20)8-6-13(7-9-16)15(18)19/h12-14,17,20H,2-11H2,1H3,(H,18,19). The number of carbonyl (C=O) groups is 1. The van der Waals surface area contributed by atoms with Gasteiger partial charge in [0.15, 0.2) is 0 Å². The molecule has 0 bridgehead atoms. The summed E-state index contributed by atoms with van der Waals surface area (Å²) < 4.78 is 0. The third kappa shape index (κ3) is 4.19. The molecule has 0 amide bonds. The van der Waals surface area contributed by atoms with Gasteiger partial charge in [0, 0.05) is 6.54 Å². The van der Waals surface area contributed by atoms with Crippen LogP contribution in [0, 0.1) is 17.8 Å². The molecule has 0 spiro atoms. The lowest BCUT2D eigenvalue weighted by molar-refractivity contribution is -0.144. The van der Waals surface area contributed by atoms with Gasteiger partial charge in [-0.05, 0) is 50.5 Å². The van der Waals surface area contributed by atoms with Crippen molar-refractivity contribution < 1.29 is 15.0 Å². The summed E-state index contributed by atoms with van der Waals surface area (Å²) in [6, 6.07) is 0. The first-order valence-corrected chi connectivity index (χ1v) is 8.16. The number of aliphatic carboxylic acids is 1. The Balaban J connectivity index is 1.69. The van der Waals surface area contributed by atoms with E-state index >= 15 is 0 Å². The minimum atomic E-state index is -0.712.